The highest BCUT2D eigenvalue weighted by Crippen LogP contribution is 2.30. The summed E-state index contributed by atoms with van der Waals surface area (Å²) in [6.07, 6.45) is 0. The summed E-state index contributed by atoms with van der Waals surface area (Å²) < 4.78 is 4.57. The molecule has 120 valence electrons. The average Bonchev–Trinajstić information content (AvgIpc) is 2.41. The predicted molar refractivity (Wildman–Crippen MR) is 86.6 cm³/mol. The number of hydrogen-bond donors (Lipinski definition) is 2. The van der Waals surface area contributed by atoms with Crippen LogP contribution in [0.15, 0.2) is 32.4 Å². The molecule has 0 unspecified atom stereocenters. The van der Waals surface area contributed by atoms with Crippen molar-refractivity contribution >= 4 is 40.4 Å². The largest absolute Gasteiger partial charge is 0.506 e. The molecule has 8 heteroatoms. The van der Waals surface area contributed by atoms with E-state index in [1.807, 2.05) is 0 Å². The van der Waals surface area contributed by atoms with Crippen LogP contribution in [-0.4, -0.2) is 21.7 Å². The van der Waals surface area contributed by atoms with Gasteiger partial charge >= 0.3 is 5.63 Å². The lowest BCUT2D eigenvalue weighted by atomic mass is 10.1. The summed E-state index contributed by atoms with van der Waals surface area (Å²) in [6, 6.07) is 4.55. The minimum Gasteiger partial charge on any atom is -0.506 e. The maximum absolute atomic E-state index is 11.9. The van der Waals surface area contributed by atoms with Gasteiger partial charge in [0.25, 0.3) is 5.95 Å². The minimum atomic E-state index is -1.02. The lowest BCUT2D eigenvalue weighted by Gasteiger charge is -2.07. The molecular weight excluding hydrogens is 345 g/mol. The number of Topliss-reactive ketones (excluding diaryl/α,β-unsaturated/α-hetero) is 1. The Kier molecular flexibility index (Phi) is 4.77. The first kappa shape index (κ1) is 17.1. The van der Waals surface area contributed by atoms with Crippen molar-refractivity contribution in [3.8, 4) is 11.7 Å². The Bertz CT molecular complexity index is 886. The lowest BCUT2D eigenvalue weighted by molar-refractivity contribution is 0.100. The number of hydrogen-bond acceptors (Lipinski definition) is 6. The van der Waals surface area contributed by atoms with E-state index in [1.165, 1.54) is 19.1 Å². The van der Waals surface area contributed by atoms with Crippen molar-refractivity contribution in [1.82, 2.24) is 0 Å². The fraction of sp³-hybridized carbons (Fsp3) is 0.133. The molecule has 0 spiro atoms. The maximum Gasteiger partial charge on any atom is 0.351 e. The smallest absolute Gasteiger partial charge is 0.351 e. The molecule has 0 aliphatic rings. The van der Waals surface area contributed by atoms with E-state index in [4.69, 9.17) is 23.2 Å². The van der Waals surface area contributed by atoms with Crippen LogP contribution in [0.1, 0.15) is 29.8 Å². The molecule has 23 heavy (non-hydrogen) atoms. The summed E-state index contributed by atoms with van der Waals surface area (Å²) in [4.78, 5) is 27.5. The summed E-state index contributed by atoms with van der Waals surface area (Å²) >= 11 is 11.7. The summed E-state index contributed by atoms with van der Waals surface area (Å²) in [7, 11) is 0. The number of carbonyl (C=O) groups excluding carboxylic acids is 1. The molecule has 2 N–H and O–H groups in total. The van der Waals surface area contributed by atoms with Crippen LogP contribution in [0.4, 0.5) is 5.69 Å². The number of nitrogens with zero attached hydrogens (tertiary/aromatic N) is 1. The Labute approximate surface area is 140 Å². The van der Waals surface area contributed by atoms with Crippen LogP contribution in [0.5, 0.6) is 11.7 Å². The van der Waals surface area contributed by atoms with Gasteiger partial charge < -0.3 is 14.6 Å². The van der Waals surface area contributed by atoms with Crippen molar-refractivity contribution in [2.45, 2.75) is 13.8 Å². The Morgan fingerprint density at radius 3 is 2.35 bits per heavy atom. The van der Waals surface area contributed by atoms with Gasteiger partial charge in [-0.3, -0.25) is 9.79 Å². The van der Waals surface area contributed by atoms with Crippen molar-refractivity contribution in [2.75, 3.05) is 0 Å². The van der Waals surface area contributed by atoms with E-state index in [1.54, 1.807) is 6.07 Å². The van der Waals surface area contributed by atoms with E-state index < -0.39 is 28.7 Å². The first-order valence-electron chi connectivity index (χ1n) is 6.33. The van der Waals surface area contributed by atoms with Gasteiger partial charge in [-0.25, -0.2) is 4.79 Å². The van der Waals surface area contributed by atoms with E-state index in [2.05, 4.69) is 9.41 Å². The van der Waals surface area contributed by atoms with Crippen LogP contribution in [0.25, 0.3) is 0 Å². The lowest BCUT2D eigenvalue weighted by Crippen LogP contribution is -2.15. The van der Waals surface area contributed by atoms with Crippen LogP contribution in [0.3, 0.4) is 0 Å². The Morgan fingerprint density at radius 2 is 1.78 bits per heavy atom. The van der Waals surface area contributed by atoms with Crippen LogP contribution < -0.4 is 5.63 Å². The summed E-state index contributed by atoms with van der Waals surface area (Å²) in [5.74, 6) is -2.29. The summed E-state index contributed by atoms with van der Waals surface area (Å²) in [5.41, 5.74) is -1.36. The van der Waals surface area contributed by atoms with E-state index >= 15 is 0 Å². The molecule has 2 aromatic rings. The Balaban J connectivity index is 2.63. The Morgan fingerprint density at radius 1 is 1.13 bits per heavy atom. The molecule has 0 aliphatic heterocycles. The van der Waals surface area contributed by atoms with Crippen LogP contribution in [0, 0.1) is 0 Å². The molecule has 1 aromatic heterocycles. The number of aliphatic imine (C=N–C) groups is 1. The first-order chi connectivity index (χ1) is 10.7. The molecule has 0 fully saturated rings. The van der Waals surface area contributed by atoms with Crippen molar-refractivity contribution in [3.05, 3.63) is 49.8 Å². The van der Waals surface area contributed by atoms with Gasteiger partial charge in [-0.15, -0.1) is 0 Å². The van der Waals surface area contributed by atoms with E-state index in [-0.39, 0.29) is 16.3 Å². The van der Waals surface area contributed by atoms with E-state index in [0.29, 0.717) is 10.7 Å². The molecule has 1 heterocycles. The highest BCUT2D eigenvalue weighted by molar-refractivity contribution is 6.42. The fourth-order valence-corrected chi connectivity index (χ4v) is 2.25. The molecule has 0 amide bonds. The van der Waals surface area contributed by atoms with E-state index in [9.17, 15) is 19.8 Å². The first-order valence-corrected chi connectivity index (χ1v) is 7.08. The van der Waals surface area contributed by atoms with Crippen molar-refractivity contribution in [3.63, 3.8) is 0 Å². The molecule has 6 nitrogen and oxygen atoms in total. The third kappa shape index (κ3) is 3.38. The minimum absolute atomic E-state index is 0.0807. The molecule has 0 radical (unpaired) electrons. The number of halogens is 2. The van der Waals surface area contributed by atoms with Crippen LogP contribution >= 0.6 is 23.2 Å². The SMILES string of the molecule is CC(=O)c1c(O)oc(=O)c(C(C)=Nc2ccc(Cl)c(Cl)c2)c1O. The number of aromatic hydroxyl groups is 2. The van der Waals surface area contributed by atoms with Crippen molar-refractivity contribution in [2.24, 2.45) is 4.99 Å². The second kappa shape index (κ2) is 6.44. The molecule has 0 saturated heterocycles. The highest BCUT2D eigenvalue weighted by Gasteiger charge is 2.23. The second-order valence-electron chi connectivity index (χ2n) is 4.65. The molecule has 0 saturated carbocycles. The number of benzene rings is 1. The zero-order valence-corrected chi connectivity index (χ0v) is 13.6. The zero-order chi connectivity index (χ0) is 17.3. The molecule has 1 aromatic carbocycles. The van der Waals surface area contributed by atoms with Crippen molar-refractivity contribution < 1.29 is 19.4 Å². The zero-order valence-electron chi connectivity index (χ0n) is 12.1. The normalized spacial score (nSPS) is 11.6. The van der Waals surface area contributed by atoms with Gasteiger partial charge in [-0.1, -0.05) is 23.2 Å². The van der Waals surface area contributed by atoms with Gasteiger partial charge in [0.2, 0.25) is 0 Å². The predicted octanol–water partition coefficient (Wildman–Crippen LogP) is 3.70. The van der Waals surface area contributed by atoms with Crippen LogP contribution in [0.2, 0.25) is 10.0 Å². The number of rotatable bonds is 3. The van der Waals surface area contributed by atoms with Crippen LogP contribution in [-0.2, 0) is 0 Å². The van der Waals surface area contributed by atoms with Gasteiger partial charge in [0, 0.05) is 0 Å². The third-order valence-corrected chi connectivity index (χ3v) is 3.73. The standard InChI is InChI=1S/C15H11Cl2NO5/c1-6(18-8-3-4-9(16)10(17)5-8)11-13(20)12(7(2)19)15(22)23-14(11)21/h3-5,20,22H,1-2H3. The fourth-order valence-electron chi connectivity index (χ4n) is 1.95. The molecule has 0 bridgehead atoms. The highest BCUT2D eigenvalue weighted by atomic mass is 35.5. The molecule has 0 aliphatic carbocycles. The maximum atomic E-state index is 11.9. The van der Waals surface area contributed by atoms with E-state index in [0.717, 1.165) is 6.92 Å². The Hall–Kier alpha value is -2.31. The summed E-state index contributed by atoms with van der Waals surface area (Å²) in [5, 5.41) is 20.2. The number of ketones is 1. The summed E-state index contributed by atoms with van der Waals surface area (Å²) in [6.45, 7) is 2.56. The van der Waals surface area contributed by atoms with Crippen molar-refractivity contribution in [1.29, 1.82) is 0 Å². The third-order valence-electron chi connectivity index (χ3n) is 2.99. The monoisotopic (exact) mass is 355 g/mol. The molecule has 2 rings (SSSR count). The number of carbonyl (C=O) groups is 1. The van der Waals surface area contributed by atoms with Gasteiger partial charge in [-0.05, 0) is 32.0 Å². The van der Waals surface area contributed by atoms with Gasteiger partial charge in [0.15, 0.2) is 5.78 Å². The quantitative estimate of drug-likeness (QED) is 0.645. The van der Waals surface area contributed by atoms with Gasteiger partial charge in [0.05, 0.1) is 21.4 Å². The molecular formula is C15H11Cl2NO5. The van der Waals surface area contributed by atoms with Gasteiger partial charge in [-0.2, -0.15) is 0 Å². The molecule has 0 atom stereocenters. The van der Waals surface area contributed by atoms with Gasteiger partial charge in [0.1, 0.15) is 16.9 Å². The average molecular weight is 356 g/mol. The second-order valence-corrected chi connectivity index (χ2v) is 5.46. The topological polar surface area (TPSA) is 100 Å².